The molecule has 0 bridgehead atoms. The molecule has 2 heterocycles. The average Bonchev–Trinajstić information content (AvgIpc) is 2.87. The van der Waals surface area contributed by atoms with Gasteiger partial charge in [0.15, 0.2) is 5.58 Å². The molecule has 0 amide bonds. The maximum Gasteiger partial charge on any atom is 0.348 e. The number of ether oxygens (including phenoxy) is 1. The second-order valence-electron chi connectivity index (χ2n) is 4.55. The zero-order valence-electron chi connectivity index (χ0n) is 10.7. The van der Waals surface area contributed by atoms with Crippen LogP contribution in [0.2, 0.25) is 0 Å². The van der Waals surface area contributed by atoms with E-state index in [1.807, 2.05) is 30.3 Å². The van der Waals surface area contributed by atoms with Crippen LogP contribution in [0, 0.1) is 0 Å². The minimum absolute atomic E-state index is 0.386. The van der Waals surface area contributed by atoms with Crippen molar-refractivity contribution in [3.8, 4) is 5.75 Å². The van der Waals surface area contributed by atoms with Crippen LogP contribution in [-0.4, -0.2) is 7.11 Å². The first kappa shape index (κ1) is 11.1. The molecule has 4 aromatic rings. The number of rotatable bonds is 1. The molecule has 0 aliphatic rings. The highest BCUT2D eigenvalue weighted by atomic mass is 16.5. The van der Waals surface area contributed by atoms with Gasteiger partial charge in [-0.05, 0) is 24.3 Å². The third kappa shape index (κ3) is 1.39. The molecule has 0 aliphatic heterocycles. The monoisotopic (exact) mass is 266 g/mol. The predicted octanol–water partition coefficient (Wildman–Crippen LogP) is 3.70. The van der Waals surface area contributed by atoms with Crippen molar-refractivity contribution in [3.05, 3.63) is 52.9 Å². The van der Waals surface area contributed by atoms with Crippen LogP contribution in [0.5, 0.6) is 5.75 Å². The Balaban J connectivity index is 2.31. The first-order valence-electron chi connectivity index (χ1n) is 6.20. The van der Waals surface area contributed by atoms with E-state index in [1.165, 1.54) is 0 Å². The highest BCUT2D eigenvalue weighted by molar-refractivity contribution is 6.12. The van der Waals surface area contributed by atoms with Crippen molar-refractivity contribution in [2.75, 3.05) is 7.11 Å². The largest absolute Gasteiger partial charge is 0.497 e. The minimum atomic E-state index is -0.386. The quantitative estimate of drug-likeness (QED) is 0.493. The van der Waals surface area contributed by atoms with Gasteiger partial charge in [-0.15, -0.1) is 0 Å². The van der Waals surface area contributed by atoms with Crippen LogP contribution in [0.25, 0.3) is 32.9 Å². The van der Waals surface area contributed by atoms with E-state index in [4.69, 9.17) is 13.6 Å². The topological polar surface area (TPSA) is 52.6 Å². The summed E-state index contributed by atoms with van der Waals surface area (Å²) in [6, 6.07) is 12.7. The fraction of sp³-hybridized carbons (Fsp3) is 0.0625. The number of hydrogen-bond acceptors (Lipinski definition) is 4. The van der Waals surface area contributed by atoms with Gasteiger partial charge in [0, 0.05) is 5.39 Å². The Kier molecular flexibility index (Phi) is 2.15. The Bertz CT molecular complexity index is 1010. The molecule has 20 heavy (non-hydrogen) atoms. The Morgan fingerprint density at radius 1 is 0.950 bits per heavy atom. The SMILES string of the molecule is COc1ccc2oc(=O)c3c4ccccc4oc3c2c1. The molecule has 0 saturated carbocycles. The molecule has 0 aliphatic carbocycles. The molecule has 0 N–H and O–H groups in total. The number of fused-ring (bicyclic) bond motifs is 5. The molecular weight excluding hydrogens is 256 g/mol. The molecule has 4 heteroatoms. The number of benzene rings is 2. The highest BCUT2D eigenvalue weighted by Crippen LogP contribution is 2.32. The molecule has 0 unspecified atom stereocenters. The molecule has 98 valence electrons. The summed E-state index contributed by atoms with van der Waals surface area (Å²) in [4.78, 5) is 12.2. The van der Waals surface area contributed by atoms with Gasteiger partial charge in [0.1, 0.15) is 22.3 Å². The van der Waals surface area contributed by atoms with E-state index < -0.39 is 0 Å². The number of furan rings is 1. The van der Waals surface area contributed by atoms with Gasteiger partial charge in [-0.25, -0.2) is 4.79 Å². The van der Waals surface area contributed by atoms with Crippen molar-refractivity contribution < 1.29 is 13.6 Å². The molecule has 0 atom stereocenters. The third-order valence-corrected chi connectivity index (χ3v) is 3.43. The number of para-hydroxylation sites is 1. The summed E-state index contributed by atoms with van der Waals surface area (Å²) in [5.41, 5.74) is 1.31. The van der Waals surface area contributed by atoms with Crippen molar-refractivity contribution in [1.82, 2.24) is 0 Å². The normalized spacial score (nSPS) is 11.4. The van der Waals surface area contributed by atoms with E-state index in [1.54, 1.807) is 19.2 Å². The lowest BCUT2D eigenvalue weighted by molar-refractivity contribution is 0.415. The molecule has 4 rings (SSSR count). The molecule has 2 aromatic heterocycles. The minimum Gasteiger partial charge on any atom is -0.497 e. The van der Waals surface area contributed by atoms with E-state index in [0.29, 0.717) is 27.9 Å². The summed E-state index contributed by atoms with van der Waals surface area (Å²) in [7, 11) is 1.59. The van der Waals surface area contributed by atoms with Gasteiger partial charge in [0.25, 0.3) is 0 Å². The van der Waals surface area contributed by atoms with Crippen molar-refractivity contribution >= 4 is 32.9 Å². The van der Waals surface area contributed by atoms with Gasteiger partial charge in [0.05, 0.1) is 12.5 Å². The van der Waals surface area contributed by atoms with Crippen LogP contribution >= 0.6 is 0 Å². The lowest BCUT2D eigenvalue weighted by Crippen LogP contribution is -1.98. The smallest absolute Gasteiger partial charge is 0.348 e. The van der Waals surface area contributed by atoms with Crippen LogP contribution in [0.1, 0.15) is 0 Å². The summed E-state index contributed by atoms with van der Waals surface area (Å²) >= 11 is 0. The number of hydrogen-bond donors (Lipinski definition) is 0. The molecule has 2 aromatic carbocycles. The second kappa shape index (κ2) is 3.87. The van der Waals surface area contributed by atoms with Crippen molar-refractivity contribution in [2.24, 2.45) is 0 Å². The highest BCUT2D eigenvalue weighted by Gasteiger charge is 2.15. The lowest BCUT2D eigenvalue weighted by Gasteiger charge is -2.01. The molecule has 0 fully saturated rings. The molecule has 0 saturated heterocycles. The Morgan fingerprint density at radius 3 is 2.60 bits per heavy atom. The molecule has 0 spiro atoms. The van der Waals surface area contributed by atoms with E-state index in [-0.39, 0.29) is 5.63 Å². The Labute approximate surface area is 113 Å². The van der Waals surface area contributed by atoms with E-state index in [9.17, 15) is 4.79 Å². The van der Waals surface area contributed by atoms with Gasteiger partial charge in [0.2, 0.25) is 0 Å². The zero-order valence-corrected chi connectivity index (χ0v) is 10.7. The Morgan fingerprint density at radius 2 is 1.75 bits per heavy atom. The summed E-state index contributed by atoms with van der Waals surface area (Å²) < 4.78 is 16.4. The van der Waals surface area contributed by atoms with Gasteiger partial charge < -0.3 is 13.6 Å². The van der Waals surface area contributed by atoms with E-state index in [0.717, 1.165) is 10.8 Å². The number of methoxy groups -OCH3 is 1. The van der Waals surface area contributed by atoms with Crippen molar-refractivity contribution in [3.63, 3.8) is 0 Å². The maximum atomic E-state index is 12.2. The third-order valence-electron chi connectivity index (χ3n) is 3.43. The van der Waals surface area contributed by atoms with E-state index in [2.05, 4.69) is 0 Å². The van der Waals surface area contributed by atoms with Crippen molar-refractivity contribution in [1.29, 1.82) is 0 Å². The van der Waals surface area contributed by atoms with Gasteiger partial charge in [-0.3, -0.25) is 0 Å². The summed E-state index contributed by atoms with van der Waals surface area (Å²) in [6.45, 7) is 0. The van der Waals surface area contributed by atoms with Crippen LogP contribution in [0.15, 0.2) is 56.1 Å². The predicted molar refractivity (Wildman–Crippen MR) is 76.3 cm³/mol. The van der Waals surface area contributed by atoms with Gasteiger partial charge in [-0.1, -0.05) is 18.2 Å². The molecule has 4 nitrogen and oxygen atoms in total. The second-order valence-corrected chi connectivity index (χ2v) is 4.55. The zero-order chi connectivity index (χ0) is 13.7. The summed E-state index contributed by atoms with van der Waals surface area (Å²) in [5.74, 6) is 0.688. The fourth-order valence-corrected chi connectivity index (χ4v) is 2.49. The molecule has 0 radical (unpaired) electrons. The van der Waals surface area contributed by atoms with Crippen LogP contribution in [-0.2, 0) is 0 Å². The van der Waals surface area contributed by atoms with Crippen LogP contribution in [0.4, 0.5) is 0 Å². The average molecular weight is 266 g/mol. The first-order chi connectivity index (χ1) is 9.78. The standard InChI is InChI=1S/C16H10O4/c1-18-9-6-7-13-11(8-9)15-14(16(17)20-13)10-4-2-3-5-12(10)19-15/h2-8H,1H3. The first-order valence-corrected chi connectivity index (χ1v) is 6.20. The summed E-state index contributed by atoms with van der Waals surface area (Å²) in [5, 5.41) is 1.97. The maximum absolute atomic E-state index is 12.2. The lowest BCUT2D eigenvalue weighted by atomic mass is 10.1. The van der Waals surface area contributed by atoms with Gasteiger partial charge in [-0.2, -0.15) is 0 Å². The Hall–Kier alpha value is -2.75. The van der Waals surface area contributed by atoms with Crippen LogP contribution < -0.4 is 10.4 Å². The van der Waals surface area contributed by atoms with E-state index >= 15 is 0 Å². The molecular formula is C16H10O4. The van der Waals surface area contributed by atoms with Crippen LogP contribution in [0.3, 0.4) is 0 Å². The van der Waals surface area contributed by atoms with Gasteiger partial charge >= 0.3 is 5.63 Å². The summed E-state index contributed by atoms with van der Waals surface area (Å²) in [6.07, 6.45) is 0. The van der Waals surface area contributed by atoms with Crippen molar-refractivity contribution in [2.45, 2.75) is 0 Å². The fourth-order valence-electron chi connectivity index (χ4n) is 2.49.